The molecule has 0 atom stereocenters. The van der Waals surface area contributed by atoms with E-state index in [4.69, 9.17) is 0 Å². The number of hydrogen-bond donors (Lipinski definition) is 0. The molecule has 1 rings (SSSR count). The van der Waals surface area contributed by atoms with Crippen molar-refractivity contribution >= 4 is 10.1 Å². The highest BCUT2D eigenvalue weighted by molar-refractivity contribution is 7.90. The van der Waals surface area contributed by atoms with Crippen LogP contribution >= 0.6 is 0 Å². The Morgan fingerprint density at radius 1 is 1.55 bits per heavy atom. The first-order valence-electron chi connectivity index (χ1n) is 3.33. The molecule has 0 aliphatic heterocycles. The fourth-order valence-corrected chi connectivity index (χ4v) is 1.72. The highest BCUT2D eigenvalue weighted by Crippen LogP contribution is 2.18. The van der Waals surface area contributed by atoms with E-state index in [-0.39, 0.29) is 0 Å². The standard InChI is InChI=1S/C7H10O3S/c1-10-11(8,9)7-5-3-2-4-6-7/h2-3,5H,4,6H2,1H3. The lowest BCUT2D eigenvalue weighted by atomic mass is 10.2. The summed E-state index contributed by atoms with van der Waals surface area (Å²) in [7, 11) is -2.24. The second-order valence-corrected chi connectivity index (χ2v) is 3.99. The first-order valence-corrected chi connectivity index (χ1v) is 4.74. The predicted octanol–water partition coefficient (Wildman–Crippen LogP) is 1.20. The molecule has 11 heavy (non-hydrogen) atoms. The fourth-order valence-electron chi connectivity index (χ4n) is 0.896. The van der Waals surface area contributed by atoms with Crippen molar-refractivity contribution in [2.75, 3.05) is 7.11 Å². The van der Waals surface area contributed by atoms with Crippen molar-refractivity contribution in [2.45, 2.75) is 12.8 Å². The van der Waals surface area contributed by atoms with Crippen LogP contribution < -0.4 is 0 Å². The molecule has 0 radical (unpaired) electrons. The van der Waals surface area contributed by atoms with E-state index < -0.39 is 10.1 Å². The average Bonchev–Trinajstić information content (AvgIpc) is 2.06. The van der Waals surface area contributed by atoms with E-state index in [1.165, 1.54) is 7.11 Å². The first kappa shape index (κ1) is 8.49. The van der Waals surface area contributed by atoms with Gasteiger partial charge < -0.3 is 0 Å². The maximum Gasteiger partial charge on any atom is 0.292 e. The van der Waals surface area contributed by atoms with Gasteiger partial charge in [-0.1, -0.05) is 12.2 Å². The number of allylic oxidation sites excluding steroid dienone is 4. The molecule has 0 saturated heterocycles. The topological polar surface area (TPSA) is 43.4 Å². The van der Waals surface area contributed by atoms with E-state index >= 15 is 0 Å². The Morgan fingerprint density at radius 2 is 2.27 bits per heavy atom. The molecule has 0 N–H and O–H groups in total. The van der Waals surface area contributed by atoms with Crippen LogP contribution in [0.2, 0.25) is 0 Å². The second kappa shape index (κ2) is 3.19. The molecule has 4 heteroatoms. The average molecular weight is 174 g/mol. The van der Waals surface area contributed by atoms with Gasteiger partial charge in [0.2, 0.25) is 0 Å². The summed E-state index contributed by atoms with van der Waals surface area (Å²) >= 11 is 0. The summed E-state index contributed by atoms with van der Waals surface area (Å²) in [5.41, 5.74) is 0. The summed E-state index contributed by atoms with van der Waals surface area (Å²) < 4.78 is 26.4. The summed E-state index contributed by atoms with van der Waals surface area (Å²) in [6.07, 6.45) is 6.55. The summed E-state index contributed by atoms with van der Waals surface area (Å²) in [6.45, 7) is 0. The van der Waals surface area contributed by atoms with Crippen LogP contribution in [0.25, 0.3) is 0 Å². The van der Waals surface area contributed by atoms with Crippen molar-refractivity contribution in [1.82, 2.24) is 0 Å². The lowest BCUT2D eigenvalue weighted by Crippen LogP contribution is -2.06. The van der Waals surface area contributed by atoms with Crippen molar-refractivity contribution in [2.24, 2.45) is 0 Å². The molecular weight excluding hydrogens is 164 g/mol. The molecule has 0 amide bonds. The molecule has 62 valence electrons. The van der Waals surface area contributed by atoms with Crippen LogP contribution in [0.15, 0.2) is 23.1 Å². The quantitative estimate of drug-likeness (QED) is 0.591. The van der Waals surface area contributed by atoms with Crippen LogP contribution in [0.3, 0.4) is 0 Å². The van der Waals surface area contributed by atoms with Crippen LogP contribution in [0.1, 0.15) is 12.8 Å². The lowest BCUT2D eigenvalue weighted by Gasteiger charge is -2.06. The maximum absolute atomic E-state index is 11.0. The van der Waals surface area contributed by atoms with Crippen LogP contribution in [0.4, 0.5) is 0 Å². The molecule has 0 heterocycles. The molecule has 1 aliphatic carbocycles. The van der Waals surface area contributed by atoms with Gasteiger partial charge in [-0.2, -0.15) is 8.42 Å². The van der Waals surface area contributed by atoms with E-state index in [9.17, 15) is 8.42 Å². The van der Waals surface area contributed by atoms with Crippen LogP contribution in [-0.4, -0.2) is 15.5 Å². The molecule has 1 aliphatic rings. The van der Waals surface area contributed by atoms with E-state index in [2.05, 4.69) is 4.18 Å². The van der Waals surface area contributed by atoms with Crippen LogP contribution in [0, 0.1) is 0 Å². The van der Waals surface area contributed by atoms with Gasteiger partial charge in [-0.05, 0) is 18.9 Å². The van der Waals surface area contributed by atoms with Gasteiger partial charge in [0.15, 0.2) is 0 Å². The van der Waals surface area contributed by atoms with E-state index in [1.807, 2.05) is 6.08 Å². The number of rotatable bonds is 2. The smallest absolute Gasteiger partial charge is 0.270 e. The van der Waals surface area contributed by atoms with Gasteiger partial charge in [-0.15, -0.1) is 0 Å². The molecule has 0 unspecified atom stereocenters. The van der Waals surface area contributed by atoms with E-state index in [1.54, 1.807) is 12.2 Å². The van der Waals surface area contributed by atoms with Gasteiger partial charge in [0.25, 0.3) is 10.1 Å². The molecule has 0 aromatic heterocycles. The zero-order chi connectivity index (χ0) is 8.32. The molecule has 0 fully saturated rings. The van der Waals surface area contributed by atoms with Gasteiger partial charge in [-0.3, -0.25) is 4.18 Å². The predicted molar refractivity (Wildman–Crippen MR) is 42.4 cm³/mol. The lowest BCUT2D eigenvalue weighted by molar-refractivity contribution is 0.402. The molecule has 0 spiro atoms. The maximum atomic E-state index is 11.0. The summed E-state index contributed by atoms with van der Waals surface area (Å²) in [5, 5.41) is 0. The Hall–Kier alpha value is -0.610. The second-order valence-electron chi connectivity index (χ2n) is 2.22. The first-order chi connectivity index (χ1) is 5.17. The van der Waals surface area contributed by atoms with Crippen LogP contribution in [-0.2, 0) is 14.3 Å². The van der Waals surface area contributed by atoms with E-state index in [0.29, 0.717) is 11.3 Å². The molecule has 0 aromatic carbocycles. The third kappa shape index (κ3) is 1.91. The molecular formula is C7H10O3S. The zero-order valence-corrected chi connectivity index (χ0v) is 7.10. The minimum Gasteiger partial charge on any atom is -0.270 e. The van der Waals surface area contributed by atoms with Gasteiger partial charge in [0, 0.05) is 0 Å². The van der Waals surface area contributed by atoms with Gasteiger partial charge in [-0.25, -0.2) is 0 Å². The molecule has 0 bridgehead atoms. The Morgan fingerprint density at radius 3 is 2.73 bits per heavy atom. The molecule has 0 saturated carbocycles. The summed E-state index contributed by atoms with van der Waals surface area (Å²) in [5.74, 6) is 0. The highest BCUT2D eigenvalue weighted by Gasteiger charge is 2.16. The third-order valence-electron chi connectivity index (χ3n) is 1.52. The Bertz CT molecular complexity index is 285. The minimum atomic E-state index is -3.41. The highest BCUT2D eigenvalue weighted by atomic mass is 32.2. The van der Waals surface area contributed by atoms with Crippen molar-refractivity contribution in [3.8, 4) is 0 Å². The molecule has 0 aromatic rings. The third-order valence-corrected chi connectivity index (χ3v) is 2.94. The van der Waals surface area contributed by atoms with Gasteiger partial charge in [0.1, 0.15) is 0 Å². The normalized spacial score (nSPS) is 18.1. The van der Waals surface area contributed by atoms with Gasteiger partial charge in [0.05, 0.1) is 12.0 Å². The Balaban J connectivity index is 2.91. The van der Waals surface area contributed by atoms with Crippen molar-refractivity contribution in [3.05, 3.63) is 23.1 Å². The number of hydrogen-bond acceptors (Lipinski definition) is 3. The van der Waals surface area contributed by atoms with E-state index in [0.717, 1.165) is 6.42 Å². The van der Waals surface area contributed by atoms with Crippen molar-refractivity contribution in [3.63, 3.8) is 0 Å². The van der Waals surface area contributed by atoms with Crippen molar-refractivity contribution < 1.29 is 12.6 Å². The van der Waals surface area contributed by atoms with Gasteiger partial charge >= 0.3 is 0 Å². The van der Waals surface area contributed by atoms with Crippen molar-refractivity contribution in [1.29, 1.82) is 0 Å². The minimum absolute atomic E-state index is 0.363. The Labute approximate surface area is 66.5 Å². The monoisotopic (exact) mass is 174 g/mol. The zero-order valence-electron chi connectivity index (χ0n) is 6.28. The largest absolute Gasteiger partial charge is 0.292 e. The summed E-state index contributed by atoms with van der Waals surface area (Å²) in [4.78, 5) is 0.363. The SMILES string of the molecule is COS(=O)(=O)C1=CC=CCC1. The fraction of sp³-hybridized carbons (Fsp3) is 0.429. The van der Waals surface area contributed by atoms with Crippen LogP contribution in [0.5, 0.6) is 0 Å². The Kier molecular flexibility index (Phi) is 2.46. The molecule has 3 nitrogen and oxygen atoms in total. The summed E-state index contributed by atoms with van der Waals surface area (Å²) in [6, 6.07) is 0.